The standard InChI is InChI=1S/C16H17N3O/c1-12(2)20-15-6-3-5-14-13(15)7-10-19(14)11-16-17-8-4-9-18-16/h3-10,12H,11H2,1-2H3. The first-order chi connectivity index (χ1) is 9.74. The number of benzene rings is 1. The Morgan fingerprint density at radius 3 is 2.65 bits per heavy atom. The van der Waals surface area contributed by atoms with Gasteiger partial charge in [-0.2, -0.15) is 0 Å². The Kier molecular flexibility index (Phi) is 3.37. The lowest BCUT2D eigenvalue weighted by Gasteiger charge is -2.11. The Bertz CT molecular complexity index is 704. The van der Waals surface area contributed by atoms with Crippen LogP contribution < -0.4 is 4.74 Å². The van der Waals surface area contributed by atoms with Gasteiger partial charge in [0, 0.05) is 24.0 Å². The number of nitrogens with zero attached hydrogens (tertiary/aromatic N) is 3. The van der Waals surface area contributed by atoms with Crippen molar-refractivity contribution in [3.8, 4) is 5.75 Å². The summed E-state index contributed by atoms with van der Waals surface area (Å²) in [5.74, 6) is 1.73. The van der Waals surface area contributed by atoms with Gasteiger partial charge in [-0.15, -0.1) is 0 Å². The molecule has 20 heavy (non-hydrogen) atoms. The summed E-state index contributed by atoms with van der Waals surface area (Å²) in [7, 11) is 0. The molecule has 0 aliphatic heterocycles. The Hall–Kier alpha value is -2.36. The molecule has 0 amide bonds. The molecule has 2 aromatic heterocycles. The van der Waals surface area contributed by atoms with Crippen molar-refractivity contribution in [2.75, 3.05) is 0 Å². The van der Waals surface area contributed by atoms with Crippen molar-refractivity contribution in [3.05, 3.63) is 54.7 Å². The maximum atomic E-state index is 5.85. The lowest BCUT2D eigenvalue weighted by molar-refractivity contribution is 0.245. The number of ether oxygens (including phenoxy) is 1. The molecule has 0 fully saturated rings. The van der Waals surface area contributed by atoms with Gasteiger partial charge in [0.25, 0.3) is 0 Å². The Morgan fingerprint density at radius 1 is 1.10 bits per heavy atom. The number of hydrogen-bond donors (Lipinski definition) is 0. The first kappa shape index (κ1) is 12.7. The number of hydrogen-bond acceptors (Lipinski definition) is 3. The summed E-state index contributed by atoms with van der Waals surface area (Å²) in [6.07, 6.45) is 5.75. The van der Waals surface area contributed by atoms with Gasteiger partial charge >= 0.3 is 0 Å². The van der Waals surface area contributed by atoms with E-state index in [1.54, 1.807) is 12.4 Å². The van der Waals surface area contributed by atoms with Crippen LogP contribution >= 0.6 is 0 Å². The first-order valence-electron chi connectivity index (χ1n) is 6.74. The van der Waals surface area contributed by atoms with E-state index in [0.29, 0.717) is 6.54 Å². The van der Waals surface area contributed by atoms with E-state index >= 15 is 0 Å². The van der Waals surface area contributed by atoms with Gasteiger partial charge in [0.05, 0.1) is 18.2 Å². The Balaban J connectivity index is 1.97. The molecular formula is C16H17N3O. The molecule has 4 nitrogen and oxygen atoms in total. The minimum atomic E-state index is 0.168. The molecule has 0 aliphatic rings. The molecular weight excluding hydrogens is 250 g/mol. The van der Waals surface area contributed by atoms with E-state index in [2.05, 4.69) is 26.7 Å². The van der Waals surface area contributed by atoms with Crippen molar-refractivity contribution in [3.63, 3.8) is 0 Å². The maximum absolute atomic E-state index is 5.85. The third-order valence-electron chi connectivity index (χ3n) is 3.07. The van der Waals surface area contributed by atoms with Crippen LogP contribution in [-0.2, 0) is 6.54 Å². The van der Waals surface area contributed by atoms with E-state index in [0.717, 1.165) is 22.5 Å². The fourth-order valence-electron chi connectivity index (χ4n) is 2.25. The fourth-order valence-corrected chi connectivity index (χ4v) is 2.25. The van der Waals surface area contributed by atoms with Crippen LogP contribution in [-0.4, -0.2) is 20.6 Å². The third kappa shape index (κ3) is 2.50. The van der Waals surface area contributed by atoms with E-state index in [1.165, 1.54) is 0 Å². The van der Waals surface area contributed by atoms with Crippen LogP contribution in [0.1, 0.15) is 19.7 Å². The highest BCUT2D eigenvalue weighted by molar-refractivity contribution is 5.86. The van der Waals surface area contributed by atoms with E-state index in [4.69, 9.17) is 4.74 Å². The minimum Gasteiger partial charge on any atom is -0.490 e. The van der Waals surface area contributed by atoms with Crippen molar-refractivity contribution < 1.29 is 4.74 Å². The topological polar surface area (TPSA) is 39.9 Å². The smallest absolute Gasteiger partial charge is 0.147 e. The van der Waals surface area contributed by atoms with Gasteiger partial charge in [0.1, 0.15) is 11.6 Å². The average Bonchev–Trinajstić information content (AvgIpc) is 2.84. The van der Waals surface area contributed by atoms with Crippen LogP contribution in [0.15, 0.2) is 48.9 Å². The third-order valence-corrected chi connectivity index (χ3v) is 3.07. The molecule has 3 rings (SSSR count). The molecule has 0 unspecified atom stereocenters. The monoisotopic (exact) mass is 267 g/mol. The molecule has 3 aromatic rings. The predicted molar refractivity (Wildman–Crippen MR) is 78.8 cm³/mol. The molecule has 0 atom stereocenters. The summed E-state index contributed by atoms with van der Waals surface area (Å²) < 4.78 is 7.98. The maximum Gasteiger partial charge on any atom is 0.147 e. The van der Waals surface area contributed by atoms with Gasteiger partial charge in [-0.3, -0.25) is 0 Å². The largest absolute Gasteiger partial charge is 0.490 e. The molecule has 1 aromatic carbocycles. The van der Waals surface area contributed by atoms with E-state index in [9.17, 15) is 0 Å². The van der Waals surface area contributed by atoms with Gasteiger partial charge in [-0.25, -0.2) is 9.97 Å². The normalized spacial score (nSPS) is 11.2. The molecule has 102 valence electrons. The fraction of sp³-hybridized carbons (Fsp3) is 0.250. The van der Waals surface area contributed by atoms with Crippen LogP contribution in [0.2, 0.25) is 0 Å². The first-order valence-corrected chi connectivity index (χ1v) is 6.74. The number of rotatable bonds is 4. The zero-order chi connectivity index (χ0) is 13.9. The Labute approximate surface area is 118 Å². The SMILES string of the molecule is CC(C)Oc1cccc2c1ccn2Cc1ncccn1. The van der Waals surface area contributed by atoms with E-state index in [-0.39, 0.29) is 6.10 Å². The molecule has 0 spiro atoms. The van der Waals surface area contributed by atoms with Crippen LogP contribution in [0.4, 0.5) is 0 Å². The zero-order valence-electron chi connectivity index (χ0n) is 11.7. The van der Waals surface area contributed by atoms with Crippen LogP contribution in [0.25, 0.3) is 10.9 Å². The summed E-state index contributed by atoms with van der Waals surface area (Å²) in [5.41, 5.74) is 1.13. The molecule has 2 heterocycles. The molecule has 0 N–H and O–H groups in total. The molecule has 0 bridgehead atoms. The second kappa shape index (κ2) is 5.33. The highest BCUT2D eigenvalue weighted by atomic mass is 16.5. The predicted octanol–water partition coefficient (Wildman–Crippen LogP) is 3.27. The molecule has 4 heteroatoms. The zero-order valence-corrected chi connectivity index (χ0v) is 11.7. The molecule has 0 aliphatic carbocycles. The quantitative estimate of drug-likeness (QED) is 0.728. The highest BCUT2D eigenvalue weighted by Crippen LogP contribution is 2.27. The highest BCUT2D eigenvalue weighted by Gasteiger charge is 2.08. The van der Waals surface area contributed by atoms with Crippen molar-refractivity contribution in [1.82, 2.24) is 14.5 Å². The Morgan fingerprint density at radius 2 is 1.90 bits per heavy atom. The molecule has 0 saturated heterocycles. The molecule has 0 saturated carbocycles. The van der Waals surface area contributed by atoms with Crippen LogP contribution in [0.3, 0.4) is 0 Å². The average molecular weight is 267 g/mol. The summed E-state index contributed by atoms with van der Waals surface area (Å²) in [4.78, 5) is 8.54. The van der Waals surface area contributed by atoms with E-state index < -0.39 is 0 Å². The lowest BCUT2D eigenvalue weighted by atomic mass is 10.2. The summed E-state index contributed by atoms with van der Waals surface area (Å²) in [6, 6.07) is 10.0. The van der Waals surface area contributed by atoms with Crippen LogP contribution in [0.5, 0.6) is 5.75 Å². The second-order valence-corrected chi connectivity index (χ2v) is 4.96. The van der Waals surface area contributed by atoms with E-state index in [1.807, 2.05) is 38.2 Å². The summed E-state index contributed by atoms with van der Waals surface area (Å²) in [5, 5.41) is 1.12. The second-order valence-electron chi connectivity index (χ2n) is 4.96. The minimum absolute atomic E-state index is 0.168. The summed E-state index contributed by atoms with van der Waals surface area (Å²) in [6.45, 7) is 4.73. The van der Waals surface area contributed by atoms with Crippen molar-refractivity contribution in [2.24, 2.45) is 0 Å². The van der Waals surface area contributed by atoms with Crippen molar-refractivity contribution in [2.45, 2.75) is 26.5 Å². The summed E-state index contributed by atoms with van der Waals surface area (Å²) >= 11 is 0. The number of aromatic nitrogens is 3. The van der Waals surface area contributed by atoms with Gasteiger partial charge in [0.15, 0.2) is 0 Å². The van der Waals surface area contributed by atoms with Gasteiger partial charge in [-0.1, -0.05) is 6.07 Å². The lowest BCUT2D eigenvalue weighted by Crippen LogP contribution is -2.06. The van der Waals surface area contributed by atoms with Crippen LogP contribution in [0, 0.1) is 0 Å². The van der Waals surface area contributed by atoms with Gasteiger partial charge < -0.3 is 9.30 Å². The van der Waals surface area contributed by atoms with Crippen molar-refractivity contribution >= 4 is 10.9 Å². The molecule has 0 radical (unpaired) electrons. The van der Waals surface area contributed by atoms with Gasteiger partial charge in [-0.05, 0) is 38.1 Å². The van der Waals surface area contributed by atoms with Gasteiger partial charge in [0.2, 0.25) is 0 Å². The van der Waals surface area contributed by atoms with Crippen molar-refractivity contribution in [1.29, 1.82) is 0 Å². The number of fused-ring (bicyclic) bond motifs is 1.